The number of thiazole rings is 1. The normalized spacial score (nSPS) is 11.1. The average Bonchev–Trinajstić information content (AvgIpc) is 2.98. The molecule has 0 aliphatic heterocycles. The Morgan fingerprint density at radius 1 is 1.26 bits per heavy atom. The van der Waals surface area contributed by atoms with Crippen LogP contribution in [0.5, 0.6) is 5.75 Å². The highest BCUT2D eigenvalue weighted by molar-refractivity contribution is 7.21. The average molecular weight is 328 g/mol. The molecular formula is C16H12N2O4S. The molecule has 0 bridgehead atoms. The van der Waals surface area contributed by atoms with Gasteiger partial charge in [0.05, 0.1) is 10.9 Å². The molecule has 0 radical (unpaired) electrons. The zero-order valence-corrected chi connectivity index (χ0v) is 12.7. The van der Waals surface area contributed by atoms with Crippen molar-refractivity contribution in [2.45, 2.75) is 0 Å². The third kappa shape index (κ3) is 3.46. The maximum Gasteiger partial charge on any atom is 0.344 e. The molecule has 0 fully saturated rings. The summed E-state index contributed by atoms with van der Waals surface area (Å²) >= 11 is 1.50. The minimum absolute atomic E-state index is 0.171. The van der Waals surface area contributed by atoms with Crippen molar-refractivity contribution in [2.75, 3.05) is 6.61 Å². The highest BCUT2D eigenvalue weighted by atomic mass is 32.1. The molecule has 0 atom stereocenters. The summed E-state index contributed by atoms with van der Waals surface area (Å²) in [5.41, 5.74) is 2.30. The van der Waals surface area contributed by atoms with Crippen LogP contribution >= 0.6 is 11.3 Å². The number of aliphatic carboxylic acids is 1. The summed E-state index contributed by atoms with van der Waals surface area (Å²) in [5, 5.41) is 22.6. The van der Waals surface area contributed by atoms with Gasteiger partial charge >= 0.3 is 5.97 Å². The molecule has 116 valence electrons. The SMILES string of the molecule is O=C(O)CO/N=C/c1ccc(-c2nc3c(O)cccc3s2)cc1. The van der Waals surface area contributed by atoms with Crippen molar-refractivity contribution in [1.82, 2.24) is 4.98 Å². The van der Waals surface area contributed by atoms with Gasteiger partial charge in [0.25, 0.3) is 0 Å². The van der Waals surface area contributed by atoms with Crippen LogP contribution in [0.3, 0.4) is 0 Å². The number of carboxylic acid groups (broad SMARTS) is 1. The first-order valence-electron chi connectivity index (χ1n) is 6.69. The van der Waals surface area contributed by atoms with Crippen molar-refractivity contribution in [1.29, 1.82) is 0 Å². The Bertz CT molecular complexity index is 871. The minimum Gasteiger partial charge on any atom is -0.506 e. The van der Waals surface area contributed by atoms with Gasteiger partial charge in [0.15, 0.2) is 0 Å². The molecule has 0 saturated heterocycles. The third-order valence-corrected chi connectivity index (χ3v) is 4.09. The van der Waals surface area contributed by atoms with E-state index in [-0.39, 0.29) is 5.75 Å². The molecule has 23 heavy (non-hydrogen) atoms. The first-order chi connectivity index (χ1) is 11.1. The van der Waals surface area contributed by atoms with E-state index in [1.165, 1.54) is 17.6 Å². The zero-order chi connectivity index (χ0) is 16.2. The number of phenols is 1. The quantitative estimate of drug-likeness (QED) is 0.554. The Labute approximate surface area is 135 Å². The number of phenolic OH excluding ortho intramolecular Hbond substituents is 1. The number of hydrogen-bond acceptors (Lipinski definition) is 6. The summed E-state index contributed by atoms with van der Waals surface area (Å²) in [6.07, 6.45) is 1.44. The van der Waals surface area contributed by atoms with E-state index in [1.807, 2.05) is 30.3 Å². The standard InChI is InChI=1S/C16H12N2O4S/c19-12-2-1-3-13-15(12)18-16(23-13)11-6-4-10(5-7-11)8-17-22-9-14(20)21/h1-8,19H,9H2,(H,20,21)/b17-8+. The first kappa shape index (κ1) is 15.0. The highest BCUT2D eigenvalue weighted by Crippen LogP contribution is 2.34. The summed E-state index contributed by atoms with van der Waals surface area (Å²) < 4.78 is 0.924. The first-order valence-corrected chi connectivity index (χ1v) is 7.51. The molecule has 3 rings (SSSR count). The van der Waals surface area contributed by atoms with E-state index in [0.29, 0.717) is 5.52 Å². The fourth-order valence-electron chi connectivity index (χ4n) is 1.96. The van der Waals surface area contributed by atoms with Gasteiger partial charge in [0.1, 0.15) is 16.3 Å². The lowest BCUT2D eigenvalue weighted by molar-refractivity contribution is -0.142. The van der Waals surface area contributed by atoms with Crippen LogP contribution in [0, 0.1) is 0 Å². The van der Waals surface area contributed by atoms with Crippen LogP contribution in [0.2, 0.25) is 0 Å². The van der Waals surface area contributed by atoms with Crippen LogP contribution in [0.25, 0.3) is 20.8 Å². The molecule has 0 spiro atoms. The lowest BCUT2D eigenvalue weighted by Gasteiger charge is -1.97. The van der Waals surface area contributed by atoms with Crippen LogP contribution < -0.4 is 0 Å². The Balaban J connectivity index is 1.78. The lowest BCUT2D eigenvalue weighted by atomic mass is 10.1. The maximum absolute atomic E-state index is 10.3. The molecule has 0 saturated carbocycles. The summed E-state index contributed by atoms with van der Waals surface area (Å²) in [4.78, 5) is 19.3. The van der Waals surface area contributed by atoms with Crippen molar-refractivity contribution in [3.63, 3.8) is 0 Å². The number of nitrogens with zero attached hydrogens (tertiary/aromatic N) is 2. The molecule has 0 amide bonds. The largest absolute Gasteiger partial charge is 0.506 e. The molecule has 1 heterocycles. The van der Waals surface area contributed by atoms with Gasteiger partial charge in [-0.1, -0.05) is 35.5 Å². The summed E-state index contributed by atoms with van der Waals surface area (Å²) in [7, 11) is 0. The Kier molecular flexibility index (Phi) is 4.20. The van der Waals surface area contributed by atoms with Gasteiger partial charge in [-0.05, 0) is 17.7 Å². The number of oxime groups is 1. The summed E-state index contributed by atoms with van der Waals surface area (Å²) in [5.74, 6) is -0.902. The predicted molar refractivity (Wildman–Crippen MR) is 87.9 cm³/mol. The molecular weight excluding hydrogens is 316 g/mol. The molecule has 1 aromatic heterocycles. The van der Waals surface area contributed by atoms with E-state index < -0.39 is 12.6 Å². The Morgan fingerprint density at radius 2 is 2.04 bits per heavy atom. The topological polar surface area (TPSA) is 92.0 Å². The second-order valence-corrected chi connectivity index (χ2v) is 5.70. The van der Waals surface area contributed by atoms with Gasteiger partial charge in [-0.3, -0.25) is 0 Å². The van der Waals surface area contributed by atoms with Crippen LogP contribution in [-0.2, 0) is 9.63 Å². The van der Waals surface area contributed by atoms with Gasteiger partial charge in [-0.25, -0.2) is 9.78 Å². The molecule has 7 heteroatoms. The van der Waals surface area contributed by atoms with Crippen molar-refractivity contribution in [3.8, 4) is 16.3 Å². The molecule has 3 aromatic rings. The fourth-order valence-corrected chi connectivity index (χ4v) is 2.95. The molecule has 0 unspecified atom stereocenters. The van der Waals surface area contributed by atoms with Gasteiger partial charge in [0.2, 0.25) is 6.61 Å². The van der Waals surface area contributed by atoms with Gasteiger partial charge < -0.3 is 15.1 Å². The number of carbonyl (C=O) groups is 1. The smallest absolute Gasteiger partial charge is 0.344 e. The second kappa shape index (κ2) is 6.45. The van der Waals surface area contributed by atoms with Crippen LogP contribution in [0.4, 0.5) is 0 Å². The lowest BCUT2D eigenvalue weighted by Crippen LogP contribution is -2.03. The monoisotopic (exact) mass is 328 g/mol. The number of para-hydroxylation sites is 1. The highest BCUT2D eigenvalue weighted by Gasteiger charge is 2.08. The van der Waals surface area contributed by atoms with Crippen LogP contribution in [-0.4, -0.2) is 34.0 Å². The number of rotatable bonds is 5. The molecule has 2 N–H and O–H groups in total. The summed E-state index contributed by atoms with van der Waals surface area (Å²) in [6, 6.07) is 12.7. The minimum atomic E-state index is -1.07. The Morgan fingerprint density at radius 3 is 2.74 bits per heavy atom. The third-order valence-electron chi connectivity index (χ3n) is 3.02. The van der Waals surface area contributed by atoms with Crippen LogP contribution in [0.1, 0.15) is 5.56 Å². The van der Waals surface area contributed by atoms with E-state index >= 15 is 0 Å². The van der Waals surface area contributed by atoms with Gasteiger partial charge in [-0.15, -0.1) is 11.3 Å². The van der Waals surface area contributed by atoms with Crippen molar-refractivity contribution in [3.05, 3.63) is 48.0 Å². The van der Waals surface area contributed by atoms with E-state index in [0.717, 1.165) is 20.8 Å². The van der Waals surface area contributed by atoms with Gasteiger partial charge in [0, 0.05) is 5.56 Å². The van der Waals surface area contributed by atoms with E-state index in [2.05, 4.69) is 15.0 Å². The van der Waals surface area contributed by atoms with Crippen molar-refractivity contribution < 1.29 is 19.8 Å². The van der Waals surface area contributed by atoms with Gasteiger partial charge in [-0.2, -0.15) is 0 Å². The number of fused-ring (bicyclic) bond motifs is 1. The van der Waals surface area contributed by atoms with E-state index in [1.54, 1.807) is 12.1 Å². The fraction of sp³-hybridized carbons (Fsp3) is 0.0625. The molecule has 6 nitrogen and oxygen atoms in total. The molecule has 0 aliphatic carbocycles. The van der Waals surface area contributed by atoms with E-state index in [9.17, 15) is 9.90 Å². The number of aromatic hydroxyl groups is 1. The van der Waals surface area contributed by atoms with E-state index in [4.69, 9.17) is 5.11 Å². The van der Waals surface area contributed by atoms with Crippen LogP contribution in [0.15, 0.2) is 47.6 Å². The second-order valence-electron chi connectivity index (χ2n) is 4.67. The predicted octanol–water partition coefficient (Wildman–Crippen LogP) is 3.10. The Hall–Kier alpha value is -2.93. The van der Waals surface area contributed by atoms with Crippen molar-refractivity contribution in [2.24, 2.45) is 5.16 Å². The molecule has 0 aliphatic rings. The number of carboxylic acids is 1. The zero-order valence-electron chi connectivity index (χ0n) is 11.8. The molecule has 2 aromatic carbocycles. The number of hydrogen-bond donors (Lipinski definition) is 2. The number of benzene rings is 2. The summed E-state index contributed by atoms with van der Waals surface area (Å²) in [6.45, 7) is -0.468. The number of aromatic nitrogens is 1. The van der Waals surface area contributed by atoms with Crippen molar-refractivity contribution >= 4 is 33.7 Å². The maximum atomic E-state index is 10.3.